The maximum atomic E-state index is 12.1. The van der Waals surface area contributed by atoms with E-state index in [4.69, 9.17) is 5.73 Å². The van der Waals surface area contributed by atoms with Gasteiger partial charge >= 0.3 is 0 Å². The Kier molecular flexibility index (Phi) is 3.33. The highest BCUT2D eigenvalue weighted by atomic mass is 16.2. The molecule has 4 nitrogen and oxygen atoms in total. The molecule has 1 aliphatic heterocycles. The van der Waals surface area contributed by atoms with Crippen molar-refractivity contribution in [2.75, 3.05) is 24.6 Å². The number of rotatable bonds is 2. The van der Waals surface area contributed by atoms with Crippen molar-refractivity contribution in [3.63, 3.8) is 0 Å². The van der Waals surface area contributed by atoms with Crippen molar-refractivity contribution >= 4 is 17.3 Å². The Bertz CT molecular complexity index is 431. The molecule has 1 amide bonds. The van der Waals surface area contributed by atoms with Crippen LogP contribution in [0.2, 0.25) is 0 Å². The van der Waals surface area contributed by atoms with Crippen molar-refractivity contribution in [1.29, 1.82) is 0 Å². The van der Waals surface area contributed by atoms with Crippen LogP contribution in [0.5, 0.6) is 0 Å². The summed E-state index contributed by atoms with van der Waals surface area (Å²) in [5, 5.41) is 2.97. The van der Waals surface area contributed by atoms with Crippen molar-refractivity contribution < 1.29 is 4.79 Å². The number of likely N-dealkylation sites (tertiary alicyclic amines) is 1. The lowest BCUT2D eigenvalue weighted by molar-refractivity contribution is -0.119. The Hall–Kier alpha value is -1.55. The summed E-state index contributed by atoms with van der Waals surface area (Å²) in [5.41, 5.74) is 8.25. The van der Waals surface area contributed by atoms with Crippen LogP contribution in [0.15, 0.2) is 18.2 Å². The van der Waals surface area contributed by atoms with E-state index in [-0.39, 0.29) is 11.9 Å². The predicted molar refractivity (Wildman–Crippen MR) is 69.9 cm³/mol. The zero-order valence-corrected chi connectivity index (χ0v) is 10.4. The zero-order valence-electron chi connectivity index (χ0n) is 10.4. The number of nitrogens with zero attached hydrogens (tertiary/aromatic N) is 1. The fourth-order valence-corrected chi connectivity index (χ4v) is 2.28. The molecule has 1 fully saturated rings. The number of nitrogen functional groups attached to an aromatic ring is 1. The summed E-state index contributed by atoms with van der Waals surface area (Å²) in [6, 6.07) is 5.54. The van der Waals surface area contributed by atoms with Crippen molar-refractivity contribution in [2.24, 2.45) is 0 Å². The van der Waals surface area contributed by atoms with Gasteiger partial charge in [-0.15, -0.1) is 0 Å². The molecule has 1 aliphatic rings. The number of hydrogen-bond acceptors (Lipinski definition) is 3. The number of carbonyl (C=O) groups excluding carboxylic acids is 1. The van der Waals surface area contributed by atoms with Gasteiger partial charge in [-0.25, -0.2) is 0 Å². The number of nitrogens with one attached hydrogen (secondary N) is 1. The highest BCUT2D eigenvalue weighted by Gasteiger charge is 2.27. The molecule has 1 saturated heterocycles. The van der Waals surface area contributed by atoms with Gasteiger partial charge in [0.1, 0.15) is 0 Å². The molecule has 1 aromatic rings. The van der Waals surface area contributed by atoms with Crippen LogP contribution in [-0.2, 0) is 4.79 Å². The summed E-state index contributed by atoms with van der Waals surface area (Å²) < 4.78 is 0. The molecule has 0 saturated carbocycles. The molecule has 0 aliphatic carbocycles. The Morgan fingerprint density at radius 1 is 1.53 bits per heavy atom. The lowest BCUT2D eigenvalue weighted by Gasteiger charge is -2.19. The molecule has 1 atom stereocenters. The third-order valence-corrected chi connectivity index (χ3v) is 3.33. The first-order valence-electron chi connectivity index (χ1n) is 5.95. The van der Waals surface area contributed by atoms with Gasteiger partial charge in [-0.3, -0.25) is 9.69 Å². The van der Waals surface area contributed by atoms with Crippen molar-refractivity contribution in [1.82, 2.24) is 4.90 Å². The monoisotopic (exact) mass is 233 g/mol. The van der Waals surface area contributed by atoms with E-state index in [1.165, 1.54) is 0 Å². The number of nitrogens with two attached hydrogens (primary N) is 1. The van der Waals surface area contributed by atoms with Gasteiger partial charge in [0.05, 0.1) is 6.04 Å². The van der Waals surface area contributed by atoms with Crippen LogP contribution in [0.25, 0.3) is 0 Å². The van der Waals surface area contributed by atoms with Crippen molar-refractivity contribution in [2.45, 2.75) is 25.8 Å². The molecule has 0 aromatic heterocycles. The fourth-order valence-electron chi connectivity index (χ4n) is 2.28. The normalized spacial score (nSPS) is 20.5. The fraction of sp³-hybridized carbons (Fsp3) is 0.462. The van der Waals surface area contributed by atoms with Gasteiger partial charge in [-0.05, 0) is 57.1 Å². The smallest absolute Gasteiger partial charge is 0.241 e. The summed E-state index contributed by atoms with van der Waals surface area (Å²) >= 11 is 0. The molecule has 3 N–H and O–H groups in total. The number of aryl methyl sites for hydroxylation is 1. The molecule has 0 bridgehead atoms. The SMILES string of the molecule is Cc1cc(N)ccc1NC(=O)[C@@H]1CCCN1C. The zero-order chi connectivity index (χ0) is 12.4. The van der Waals surface area contributed by atoms with E-state index in [1.54, 1.807) is 6.07 Å². The Morgan fingerprint density at radius 2 is 2.29 bits per heavy atom. The van der Waals surface area contributed by atoms with Crippen LogP contribution < -0.4 is 11.1 Å². The average molecular weight is 233 g/mol. The van der Waals surface area contributed by atoms with Crippen molar-refractivity contribution in [3.05, 3.63) is 23.8 Å². The minimum absolute atomic E-state index is 0.00644. The van der Waals surface area contributed by atoms with Crippen LogP contribution in [0.1, 0.15) is 18.4 Å². The molecule has 4 heteroatoms. The van der Waals surface area contributed by atoms with Crippen LogP contribution >= 0.6 is 0 Å². The van der Waals surface area contributed by atoms with E-state index in [0.29, 0.717) is 0 Å². The number of likely N-dealkylation sites (N-methyl/N-ethyl adjacent to an activating group) is 1. The number of amides is 1. The standard InChI is InChI=1S/C13H19N3O/c1-9-8-10(14)5-6-11(9)15-13(17)12-4-3-7-16(12)2/h5-6,8,12H,3-4,7,14H2,1-2H3,(H,15,17)/t12-/m0/s1. The minimum Gasteiger partial charge on any atom is -0.399 e. The molecule has 0 unspecified atom stereocenters. The van der Waals surface area contributed by atoms with Gasteiger partial charge in [0.25, 0.3) is 0 Å². The highest BCUT2D eigenvalue weighted by Crippen LogP contribution is 2.20. The molecule has 2 rings (SSSR count). The second-order valence-corrected chi connectivity index (χ2v) is 4.70. The minimum atomic E-state index is 0.00644. The number of carbonyl (C=O) groups is 1. The first kappa shape index (κ1) is 11.9. The summed E-state index contributed by atoms with van der Waals surface area (Å²) in [4.78, 5) is 14.2. The van der Waals surface area contributed by atoms with Crippen molar-refractivity contribution in [3.8, 4) is 0 Å². The number of hydrogen-bond donors (Lipinski definition) is 2. The molecular weight excluding hydrogens is 214 g/mol. The molecule has 17 heavy (non-hydrogen) atoms. The summed E-state index contributed by atoms with van der Waals surface area (Å²) in [7, 11) is 1.99. The van der Waals surface area contributed by atoms with E-state index in [9.17, 15) is 4.79 Å². The number of anilines is 2. The van der Waals surface area contributed by atoms with E-state index in [1.807, 2.05) is 26.1 Å². The molecular formula is C13H19N3O. The first-order valence-corrected chi connectivity index (χ1v) is 5.95. The molecule has 92 valence electrons. The van der Waals surface area contributed by atoms with E-state index >= 15 is 0 Å². The maximum Gasteiger partial charge on any atom is 0.241 e. The van der Waals surface area contributed by atoms with Gasteiger partial charge in [-0.2, -0.15) is 0 Å². The van der Waals surface area contributed by atoms with Gasteiger partial charge in [-0.1, -0.05) is 0 Å². The average Bonchev–Trinajstić information content (AvgIpc) is 2.68. The summed E-state index contributed by atoms with van der Waals surface area (Å²) in [5.74, 6) is 0.0814. The maximum absolute atomic E-state index is 12.1. The van der Waals surface area contributed by atoms with E-state index < -0.39 is 0 Å². The lowest BCUT2D eigenvalue weighted by atomic mass is 10.1. The topological polar surface area (TPSA) is 58.4 Å². The van der Waals surface area contributed by atoms with Crippen LogP contribution in [0.3, 0.4) is 0 Å². The quantitative estimate of drug-likeness (QED) is 0.763. The molecule has 1 heterocycles. The lowest BCUT2D eigenvalue weighted by Crippen LogP contribution is -2.37. The Labute approximate surface area is 102 Å². The molecule has 0 spiro atoms. The van der Waals surface area contributed by atoms with Crippen LogP contribution in [0.4, 0.5) is 11.4 Å². The first-order chi connectivity index (χ1) is 8.08. The van der Waals surface area contributed by atoms with Gasteiger partial charge in [0.2, 0.25) is 5.91 Å². The Morgan fingerprint density at radius 3 is 2.88 bits per heavy atom. The second kappa shape index (κ2) is 4.75. The summed E-state index contributed by atoms with van der Waals surface area (Å²) in [6.07, 6.45) is 2.03. The highest BCUT2D eigenvalue weighted by molar-refractivity contribution is 5.95. The van der Waals surface area contributed by atoms with Gasteiger partial charge in [0.15, 0.2) is 0 Å². The largest absolute Gasteiger partial charge is 0.399 e. The van der Waals surface area contributed by atoms with Gasteiger partial charge in [0, 0.05) is 11.4 Å². The Balaban J connectivity index is 2.07. The van der Waals surface area contributed by atoms with Gasteiger partial charge < -0.3 is 11.1 Å². The summed E-state index contributed by atoms with van der Waals surface area (Å²) in [6.45, 7) is 2.95. The van der Waals surface area contributed by atoms with E-state index in [2.05, 4.69) is 10.2 Å². The van der Waals surface area contributed by atoms with E-state index in [0.717, 1.165) is 36.3 Å². The molecule has 0 radical (unpaired) electrons. The van der Waals surface area contributed by atoms with Crippen LogP contribution in [-0.4, -0.2) is 30.4 Å². The number of benzene rings is 1. The molecule has 1 aromatic carbocycles. The van der Waals surface area contributed by atoms with Crippen LogP contribution in [0, 0.1) is 6.92 Å². The third kappa shape index (κ3) is 2.58. The second-order valence-electron chi connectivity index (χ2n) is 4.70. The third-order valence-electron chi connectivity index (χ3n) is 3.33. The predicted octanol–water partition coefficient (Wildman–Crippen LogP) is 1.61.